The molecule has 29 heavy (non-hydrogen) atoms. The average molecular weight is 415 g/mol. The van der Waals surface area contributed by atoms with Gasteiger partial charge in [-0.3, -0.25) is 14.9 Å². The number of anilines is 1. The number of nitrogens with one attached hydrogen (secondary N) is 3. The van der Waals surface area contributed by atoms with E-state index in [2.05, 4.69) is 16.0 Å². The Morgan fingerprint density at radius 3 is 2.38 bits per heavy atom. The predicted octanol–water partition coefficient (Wildman–Crippen LogP) is 3.46. The van der Waals surface area contributed by atoms with Gasteiger partial charge in [0.2, 0.25) is 11.8 Å². The second kappa shape index (κ2) is 9.90. The Kier molecular flexibility index (Phi) is 7.04. The zero-order valence-corrected chi connectivity index (χ0v) is 16.1. The van der Waals surface area contributed by atoms with Crippen molar-refractivity contribution in [3.8, 4) is 0 Å². The Labute approximate surface area is 170 Å². The van der Waals surface area contributed by atoms with Gasteiger partial charge in [-0.05, 0) is 29.1 Å². The van der Waals surface area contributed by atoms with Crippen molar-refractivity contribution >= 4 is 28.8 Å². The zero-order valence-electron chi connectivity index (χ0n) is 15.3. The number of carbonyl (C=O) groups is 2. The van der Waals surface area contributed by atoms with Crippen molar-refractivity contribution in [2.24, 2.45) is 0 Å². The molecule has 8 heteroatoms. The fourth-order valence-electron chi connectivity index (χ4n) is 2.70. The number of amides is 2. The van der Waals surface area contributed by atoms with E-state index < -0.39 is 17.5 Å². The molecular weight excluding hydrogens is 396 g/mol. The Balaban J connectivity index is 1.50. The summed E-state index contributed by atoms with van der Waals surface area (Å²) in [5.41, 5.74) is 1.14. The minimum Gasteiger partial charge on any atom is -0.346 e. The SMILES string of the molecule is O=C(CN[C@@H](c1ccccc1)c1cccs1)NCC(=O)Nc1ccc(F)c(F)c1. The Morgan fingerprint density at radius 1 is 0.897 bits per heavy atom. The van der Waals surface area contributed by atoms with Crippen molar-refractivity contribution in [2.45, 2.75) is 6.04 Å². The van der Waals surface area contributed by atoms with Crippen LogP contribution in [0.4, 0.5) is 14.5 Å². The second-order valence-corrected chi connectivity index (χ2v) is 7.17. The molecule has 0 aliphatic heterocycles. The molecule has 0 unspecified atom stereocenters. The van der Waals surface area contributed by atoms with Gasteiger partial charge in [-0.1, -0.05) is 36.4 Å². The van der Waals surface area contributed by atoms with Gasteiger partial charge in [-0.2, -0.15) is 0 Å². The van der Waals surface area contributed by atoms with Crippen LogP contribution in [-0.2, 0) is 9.59 Å². The van der Waals surface area contributed by atoms with Gasteiger partial charge in [0.05, 0.1) is 19.1 Å². The molecule has 3 N–H and O–H groups in total. The van der Waals surface area contributed by atoms with Crippen LogP contribution in [0.5, 0.6) is 0 Å². The Bertz CT molecular complexity index is 965. The number of carbonyl (C=O) groups excluding carboxylic acids is 2. The van der Waals surface area contributed by atoms with Crippen LogP contribution in [0.15, 0.2) is 66.0 Å². The molecule has 0 aliphatic rings. The van der Waals surface area contributed by atoms with Crippen molar-refractivity contribution < 1.29 is 18.4 Å². The first kappa shape index (κ1) is 20.6. The van der Waals surface area contributed by atoms with Crippen LogP contribution in [0.1, 0.15) is 16.5 Å². The molecule has 0 radical (unpaired) electrons. The first-order valence-corrected chi connectivity index (χ1v) is 9.74. The molecule has 1 aromatic heterocycles. The van der Waals surface area contributed by atoms with Crippen molar-refractivity contribution in [2.75, 3.05) is 18.4 Å². The third kappa shape index (κ3) is 5.94. The van der Waals surface area contributed by atoms with E-state index >= 15 is 0 Å². The van der Waals surface area contributed by atoms with E-state index in [-0.39, 0.29) is 30.7 Å². The maximum absolute atomic E-state index is 13.2. The number of hydrogen-bond donors (Lipinski definition) is 3. The summed E-state index contributed by atoms with van der Waals surface area (Å²) in [6.07, 6.45) is 0. The topological polar surface area (TPSA) is 70.2 Å². The lowest BCUT2D eigenvalue weighted by atomic mass is 10.1. The van der Waals surface area contributed by atoms with Crippen molar-refractivity contribution in [1.29, 1.82) is 0 Å². The predicted molar refractivity (Wildman–Crippen MR) is 109 cm³/mol. The lowest BCUT2D eigenvalue weighted by molar-refractivity contribution is -0.123. The molecule has 0 saturated heterocycles. The minimum atomic E-state index is -1.06. The number of rotatable bonds is 8. The van der Waals surface area contributed by atoms with Crippen LogP contribution in [0.3, 0.4) is 0 Å². The van der Waals surface area contributed by atoms with E-state index in [1.165, 1.54) is 6.07 Å². The molecule has 0 fully saturated rings. The molecule has 1 atom stereocenters. The number of thiophene rings is 1. The lowest BCUT2D eigenvalue weighted by Gasteiger charge is -2.18. The standard InChI is InChI=1S/C21H19F2N3O2S/c22-16-9-8-15(11-17(16)23)26-20(28)13-24-19(27)12-25-21(18-7-4-10-29-18)14-5-2-1-3-6-14/h1-11,21,25H,12-13H2,(H,24,27)(H,26,28)/t21-/m0/s1. The van der Waals surface area contributed by atoms with Crippen molar-refractivity contribution in [3.05, 3.63) is 88.1 Å². The van der Waals surface area contributed by atoms with E-state index in [1.54, 1.807) is 11.3 Å². The fraction of sp³-hybridized carbons (Fsp3) is 0.143. The fourth-order valence-corrected chi connectivity index (χ4v) is 3.53. The summed E-state index contributed by atoms with van der Waals surface area (Å²) in [7, 11) is 0. The second-order valence-electron chi connectivity index (χ2n) is 6.19. The highest BCUT2D eigenvalue weighted by atomic mass is 32.1. The summed E-state index contributed by atoms with van der Waals surface area (Å²) < 4.78 is 26.1. The molecule has 150 valence electrons. The highest BCUT2D eigenvalue weighted by molar-refractivity contribution is 7.10. The van der Waals surface area contributed by atoms with Crippen molar-refractivity contribution in [3.63, 3.8) is 0 Å². The molecule has 3 aromatic rings. The highest BCUT2D eigenvalue weighted by Gasteiger charge is 2.16. The molecule has 0 bridgehead atoms. The van der Waals surface area contributed by atoms with Crippen LogP contribution in [-0.4, -0.2) is 24.9 Å². The van der Waals surface area contributed by atoms with E-state index in [4.69, 9.17) is 0 Å². The van der Waals surface area contributed by atoms with Crippen LogP contribution >= 0.6 is 11.3 Å². The van der Waals surface area contributed by atoms with Gasteiger partial charge in [-0.15, -0.1) is 11.3 Å². The smallest absolute Gasteiger partial charge is 0.243 e. The van der Waals surface area contributed by atoms with Crippen LogP contribution in [0, 0.1) is 11.6 Å². The molecular formula is C21H19F2N3O2S. The number of benzene rings is 2. The van der Waals surface area contributed by atoms with Gasteiger partial charge in [0.1, 0.15) is 0 Å². The summed E-state index contributed by atoms with van der Waals surface area (Å²) >= 11 is 1.58. The van der Waals surface area contributed by atoms with E-state index in [0.717, 1.165) is 22.6 Å². The summed E-state index contributed by atoms with van der Waals surface area (Å²) in [6.45, 7) is -0.273. The third-order valence-corrected chi connectivity index (χ3v) is 5.01. The number of halogens is 2. The summed E-state index contributed by atoms with van der Waals surface area (Å²) in [4.78, 5) is 25.1. The van der Waals surface area contributed by atoms with Gasteiger partial charge >= 0.3 is 0 Å². The first-order valence-electron chi connectivity index (χ1n) is 8.86. The highest BCUT2D eigenvalue weighted by Crippen LogP contribution is 2.25. The maximum atomic E-state index is 13.2. The monoisotopic (exact) mass is 415 g/mol. The van der Waals surface area contributed by atoms with Crippen LogP contribution < -0.4 is 16.0 Å². The van der Waals surface area contributed by atoms with Gasteiger partial charge in [0, 0.05) is 16.6 Å². The molecule has 1 heterocycles. The van der Waals surface area contributed by atoms with Crippen molar-refractivity contribution in [1.82, 2.24) is 10.6 Å². The molecule has 0 spiro atoms. The van der Waals surface area contributed by atoms with Gasteiger partial charge in [-0.25, -0.2) is 8.78 Å². The van der Waals surface area contributed by atoms with Crippen LogP contribution in [0.25, 0.3) is 0 Å². The molecule has 2 amide bonds. The third-order valence-electron chi connectivity index (χ3n) is 4.08. The largest absolute Gasteiger partial charge is 0.346 e. The maximum Gasteiger partial charge on any atom is 0.243 e. The van der Waals surface area contributed by atoms with E-state index in [1.807, 2.05) is 47.8 Å². The van der Waals surface area contributed by atoms with E-state index in [0.29, 0.717) is 0 Å². The molecule has 3 rings (SSSR count). The molecule has 0 aliphatic carbocycles. The average Bonchev–Trinajstić information content (AvgIpc) is 3.25. The summed E-state index contributed by atoms with van der Waals surface area (Å²) in [6, 6.07) is 16.6. The van der Waals surface area contributed by atoms with Crippen LogP contribution in [0.2, 0.25) is 0 Å². The molecule has 2 aromatic carbocycles. The summed E-state index contributed by atoms with van der Waals surface area (Å²) in [5.74, 6) is -2.96. The normalized spacial score (nSPS) is 11.7. The van der Waals surface area contributed by atoms with Gasteiger partial charge in [0.25, 0.3) is 0 Å². The molecule has 5 nitrogen and oxygen atoms in total. The number of hydrogen-bond acceptors (Lipinski definition) is 4. The molecule has 0 saturated carbocycles. The summed E-state index contributed by atoms with van der Waals surface area (Å²) in [5, 5.41) is 10.1. The first-order chi connectivity index (χ1) is 14.0. The Morgan fingerprint density at radius 2 is 1.69 bits per heavy atom. The van der Waals surface area contributed by atoms with Gasteiger partial charge in [0.15, 0.2) is 11.6 Å². The quantitative estimate of drug-likeness (QED) is 0.528. The lowest BCUT2D eigenvalue weighted by Crippen LogP contribution is -2.39. The Hall–Kier alpha value is -3.10. The minimum absolute atomic E-state index is 0.00984. The zero-order chi connectivity index (χ0) is 20.6. The van der Waals surface area contributed by atoms with E-state index in [9.17, 15) is 18.4 Å². The van der Waals surface area contributed by atoms with Gasteiger partial charge < -0.3 is 10.6 Å².